The summed E-state index contributed by atoms with van der Waals surface area (Å²) >= 11 is 0. The Bertz CT molecular complexity index is 956. The van der Waals surface area contributed by atoms with Crippen LogP contribution in [0.1, 0.15) is 87.7 Å². The van der Waals surface area contributed by atoms with Crippen LogP contribution in [0, 0.1) is 5.41 Å². The summed E-state index contributed by atoms with van der Waals surface area (Å²) in [6.07, 6.45) is 5.80. The maximum Gasteiger partial charge on any atom is 0.303 e. The summed E-state index contributed by atoms with van der Waals surface area (Å²) in [5, 5.41) is 12.6. The highest BCUT2D eigenvalue weighted by Crippen LogP contribution is 2.34. The zero-order chi connectivity index (χ0) is 24.4. The molecule has 0 unspecified atom stereocenters. The molecule has 5 nitrogen and oxygen atoms in total. The third kappa shape index (κ3) is 7.21. The minimum absolute atomic E-state index is 0.0807. The molecule has 2 aromatic carbocycles. The number of nitrogens with one attached hydrogen (secondary N) is 1. The first-order valence-corrected chi connectivity index (χ1v) is 11.8. The molecular weight excluding hydrogens is 414 g/mol. The number of carbonyl (C=O) groups is 2. The smallest absolute Gasteiger partial charge is 0.303 e. The SMILES string of the molecule is C/C=C\Oc1ccc(NCC(CC)(CC)CCC(=O)O)c(C(=O)c2ccc(C(C)C)cc2)c1. The Morgan fingerprint density at radius 2 is 1.76 bits per heavy atom. The first-order valence-electron chi connectivity index (χ1n) is 11.8. The van der Waals surface area contributed by atoms with Crippen LogP contribution >= 0.6 is 0 Å². The van der Waals surface area contributed by atoms with Crippen LogP contribution in [0.2, 0.25) is 0 Å². The van der Waals surface area contributed by atoms with Gasteiger partial charge < -0.3 is 15.2 Å². The fraction of sp³-hybridized carbons (Fsp3) is 0.429. The van der Waals surface area contributed by atoms with E-state index in [4.69, 9.17) is 9.84 Å². The highest BCUT2D eigenvalue weighted by molar-refractivity contribution is 6.12. The third-order valence-electron chi connectivity index (χ3n) is 6.44. The van der Waals surface area contributed by atoms with Crippen LogP contribution in [0.15, 0.2) is 54.8 Å². The van der Waals surface area contributed by atoms with Crippen LogP contribution < -0.4 is 10.1 Å². The minimum atomic E-state index is -0.785. The van der Waals surface area contributed by atoms with E-state index in [-0.39, 0.29) is 17.6 Å². The van der Waals surface area contributed by atoms with Gasteiger partial charge in [-0.05, 0) is 61.3 Å². The van der Waals surface area contributed by atoms with Crippen molar-refractivity contribution in [3.8, 4) is 5.75 Å². The van der Waals surface area contributed by atoms with Crippen LogP contribution in [0.25, 0.3) is 0 Å². The summed E-state index contributed by atoms with van der Waals surface area (Å²) in [5.74, 6) is 0.116. The molecule has 0 fully saturated rings. The molecular formula is C28H37NO4. The fourth-order valence-corrected chi connectivity index (χ4v) is 3.86. The van der Waals surface area contributed by atoms with Gasteiger partial charge in [-0.15, -0.1) is 0 Å². The monoisotopic (exact) mass is 451 g/mol. The first-order chi connectivity index (χ1) is 15.7. The number of ketones is 1. The summed E-state index contributed by atoms with van der Waals surface area (Å²) in [6.45, 7) is 10.9. The van der Waals surface area contributed by atoms with E-state index in [0.717, 1.165) is 18.5 Å². The van der Waals surface area contributed by atoms with Gasteiger partial charge in [0.15, 0.2) is 5.78 Å². The van der Waals surface area contributed by atoms with Crippen molar-refractivity contribution in [1.82, 2.24) is 0 Å². The molecule has 2 aromatic rings. The van der Waals surface area contributed by atoms with Gasteiger partial charge in [-0.2, -0.15) is 0 Å². The van der Waals surface area contributed by atoms with Gasteiger partial charge in [0.25, 0.3) is 0 Å². The largest absolute Gasteiger partial charge is 0.481 e. The average molecular weight is 452 g/mol. The van der Waals surface area contributed by atoms with Crippen molar-refractivity contribution in [3.63, 3.8) is 0 Å². The molecule has 0 radical (unpaired) electrons. The highest BCUT2D eigenvalue weighted by atomic mass is 16.5. The number of rotatable bonds is 13. The van der Waals surface area contributed by atoms with Crippen LogP contribution in [0.3, 0.4) is 0 Å². The number of aliphatic carboxylic acids is 1. The van der Waals surface area contributed by atoms with E-state index in [9.17, 15) is 9.59 Å². The number of benzene rings is 2. The Hall–Kier alpha value is -3.08. The van der Waals surface area contributed by atoms with Crippen molar-refractivity contribution in [2.45, 2.75) is 66.2 Å². The summed E-state index contributed by atoms with van der Waals surface area (Å²) in [7, 11) is 0. The van der Waals surface area contributed by atoms with Crippen molar-refractivity contribution >= 4 is 17.4 Å². The number of ether oxygens (including phenoxy) is 1. The molecule has 0 aromatic heterocycles. The molecule has 0 saturated heterocycles. The Kier molecular flexibility index (Phi) is 9.71. The number of hydrogen-bond donors (Lipinski definition) is 2. The number of carboxylic acid groups (broad SMARTS) is 1. The predicted octanol–water partition coefficient (Wildman–Crippen LogP) is 7.04. The van der Waals surface area contributed by atoms with E-state index in [1.54, 1.807) is 18.4 Å². The van der Waals surface area contributed by atoms with Gasteiger partial charge >= 0.3 is 5.97 Å². The number of allylic oxidation sites excluding steroid dienone is 1. The van der Waals surface area contributed by atoms with Gasteiger partial charge in [-0.3, -0.25) is 9.59 Å². The fourth-order valence-electron chi connectivity index (χ4n) is 3.86. The van der Waals surface area contributed by atoms with Crippen LogP contribution in [-0.4, -0.2) is 23.4 Å². The Balaban J connectivity index is 2.37. The second-order valence-electron chi connectivity index (χ2n) is 8.85. The number of carbonyl (C=O) groups excluding carboxylic acids is 1. The average Bonchev–Trinajstić information content (AvgIpc) is 2.83. The summed E-state index contributed by atoms with van der Waals surface area (Å²) in [4.78, 5) is 24.6. The first kappa shape index (κ1) is 26.2. The van der Waals surface area contributed by atoms with Crippen molar-refractivity contribution in [2.24, 2.45) is 5.41 Å². The molecule has 0 atom stereocenters. The second kappa shape index (κ2) is 12.2. The Labute approximate surface area is 197 Å². The standard InChI is InChI=1S/C28H37NO4/c1-6-17-33-23-13-14-25(29-19-28(7-2,8-3)16-15-26(30)31)24(18-23)27(32)22-11-9-21(10-12-22)20(4)5/h6,9-14,17-18,20,29H,7-8,15-16,19H2,1-5H3,(H,30,31)/b17-6-. The molecule has 0 aliphatic heterocycles. The molecule has 5 heteroatoms. The van der Waals surface area contributed by atoms with E-state index in [0.29, 0.717) is 35.8 Å². The zero-order valence-corrected chi connectivity index (χ0v) is 20.5. The molecule has 0 heterocycles. The van der Waals surface area contributed by atoms with Gasteiger partial charge in [-0.1, -0.05) is 58.0 Å². The molecule has 2 N–H and O–H groups in total. The molecule has 33 heavy (non-hydrogen) atoms. The summed E-state index contributed by atoms with van der Waals surface area (Å²) < 4.78 is 5.61. The quantitative estimate of drug-likeness (QED) is 0.252. The molecule has 2 rings (SSSR count). The van der Waals surface area contributed by atoms with Gasteiger partial charge in [0.1, 0.15) is 5.75 Å². The second-order valence-corrected chi connectivity index (χ2v) is 8.85. The van der Waals surface area contributed by atoms with Gasteiger partial charge in [-0.25, -0.2) is 0 Å². The van der Waals surface area contributed by atoms with Crippen LogP contribution in [-0.2, 0) is 4.79 Å². The lowest BCUT2D eigenvalue weighted by atomic mass is 9.78. The molecule has 0 bridgehead atoms. The zero-order valence-electron chi connectivity index (χ0n) is 20.5. The van der Waals surface area contributed by atoms with Crippen LogP contribution in [0.4, 0.5) is 5.69 Å². The normalized spacial score (nSPS) is 11.7. The topological polar surface area (TPSA) is 75.6 Å². The lowest BCUT2D eigenvalue weighted by Crippen LogP contribution is -2.30. The molecule has 178 valence electrons. The van der Waals surface area contributed by atoms with Crippen molar-refractivity contribution in [2.75, 3.05) is 11.9 Å². The molecule has 0 aliphatic carbocycles. The highest BCUT2D eigenvalue weighted by Gasteiger charge is 2.27. The van der Waals surface area contributed by atoms with E-state index in [1.165, 1.54) is 5.56 Å². The van der Waals surface area contributed by atoms with E-state index in [2.05, 4.69) is 33.0 Å². The van der Waals surface area contributed by atoms with E-state index < -0.39 is 5.97 Å². The lowest BCUT2D eigenvalue weighted by molar-refractivity contribution is -0.137. The molecule has 0 saturated carbocycles. The van der Waals surface area contributed by atoms with E-state index in [1.807, 2.05) is 43.3 Å². The van der Waals surface area contributed by atoms with Crippen molar-refractivity contribution in [3.05, 3.63) is 71.5 Å². The van der Waals surface area contributed by atoms with Gasteiger partial charge in [0.05, 0.1) is 6.26 Å². The van der Waals surface area contributed by atoms with Crippen molar-refractivity contribution < 1.29 is 19.4 Å². The maximum atomic E-state index is 13.5. The third-order valence-corrected chi connectivity index (χ3v) is 6.44. The molecule has 0 aliphatic rings. The summed E-state index contributed by atoms with van der Waals surface area (Å²) in [6, 6.07) is 13.2. The van der Waals surface area contributed by atoms with Gasteiger partial charge in [0, 0.05) is 29.8 Å². The number of hydrogen-bond acceptors (Lipinski definition) is 4. The van der Waals surface area contributed by atoms with Crippen LogP contribution in [0.5, 0.6) is 5.75 Å². The van der Waals surface area contributed by atoms with Crippen molar-refractivity contribution in [1.29, 1.82) is 0 Å². The lowest BCUT2D eigenvalue weighted by Gasteiger charge is -2.32. The number of anilines is 1. The molecule has 0 amide bonds. The Morgan fingerprint density at radius 1 is 1.09 bits per heavy atom. The predicted molar refractivity (Wildman–Crippen MR) is 134 cm³/mol. The number of carboxylic acids is 1. The maximum absolute atomic E-state index is 13.5. The minimum Gasteiger partial charge on any atom is -0.481 e. The van der Waals surface area contributed by atoms with Gasteiger partial charge in [0.2, 0.25) is 0 Å². The molecule has 0 spiro atoms. The summed E-state index contributed by atoms with van der Waals surface area (Å²) in [5.41, 5.74) is 2.91. The van der Waals surface area contributed by atoms with E-state index >= 15 is 0 Å². The Morgan fingerprint density at radius 3 is 2.30 bits per heavy atom.